The Morgan fingerprint density at radius 3 is 1.97 bits per heavy atom. The van der Waals surface area contributed by atoms with E-state index in [1.165, 1.54) is 21.3 Å². The Bertz CT molecular complexity index is 906. The molecule has 0 bridgehead atoms. The first-order valence-corrected chi connectivity index (χ1v) is 11.9. The number of hydrogen-bond acceptors (Lipinski definition) is 7. The molecule has 0 spiro atoms. The molecule has 2 amide bonds. The number of piperazine rings is 1. The van der Waals surface area contributed by atoms with Crippen LogP contribution >= 0.6 is 0 Å². The lowest BCUT2D eigenvalue weighted by atomic mass is 10.1. The second-order valence-electron chi connectivity index (χ2n) is 8.53. The Morgan fingerprint density at radius 2 is 1.54 bits per heavy atom. The van der Waals surface area contributed by atoms with E-state index in [9.17, 15) is 22.8 Å². The molecule has 13 heteroatoms. The van der Waals surface area contributed by atoms with Crippen LogP contribution in [0.5, 0.6) is 17.2 Å². The van der Waals surface area contributed by atoms with E-state index in [-0.39, 0.29) is 17.9 Å². The third-order valence-electron chi connectivity index (χ3n) is 6.22. The van der Waals surface area contributed by atoms with Gasteiger partial charge in [0, 0.05) is 50.7 Å². The van der Waals surface area contributed by atoms with Gasteiger partial charge in [-0.1, -0.05) is 12.8 Å². The minimum absolute atomic E-state index is 0.103. The van der Waals surface area contributed by atoms with E-state index in [0.717, 1.165) is 51.9 Å². The lowest BCUT2D eigenvalue weighted by molar-refractivity contribution is -0.192. The minimum Gasteiger partial charge on any atom is -0.493 e. The van der Waals surface area contributed by atoms with Gasteiger partial charge >= 0.3 is 12.1 Å². The zero-order valence-corrected chi connectivity index (χ0v) is 21.2. The van der Waals surface area contributed by atoms with Crippen LogP contribution in [-0.4, -0.2) is 99.0 Å². The fraction of sp³-hybridized carbons (Fsp3) is 0.625. The molecule has 0 unspecified atom stereocenters. The average Bonchev–Trinajstić information content (AvgIpc) is 3.42. The summed E-state index contributed by atoms with van der Waals surface area (Å²) in [6.45, 7) is 3.51. The monoisotopic (exact) mass is 533 g/mol. The molecule has 3 rings (SSSR count). The molecule has 1 saturated carbocycles. The number of nitrogens with zero attached hydrogens (tertiary/aromatic N) is 2. The van der Waals surface area contributed by atoms with Gasteiger partial charge in [-0.15, -0.1) is 0 Å². The summed E-state index contributed by atoms with van der Waals surface area (Å²) in [6, 6.07) is 3.53. The standard InChI is InChI=1S/C22H33N3O5.C2HF3O2/c1-28-18-14-16(15-19(29-2)21(18)30-3)22(27)25(17-6-4-5-7-17)11-8-20(26)24-12-9-23-10-13-24;3-2(4,5)1(6)7/h14-15,17,23H,4-13H2,1-3H3;(H,6,7). The van der Waals surface area contributed by atoms with Gasteiger partial charge in [-0.05, 0) is 25.0 Å². The summed E-state index contributed by atoms with van der Waals surface area (Å²) in [5, 5.41) is 10.4. The van der Waals surface area contributed by atoms with Gasteiger partial charge in [-0.2, -0.15) is 13.2 Å². The molecule has 2 aliphatic rings. The molecule has 2 N–H and O–H groups in total. The van der Waals surface area contributed by atoms with Gasteiger partial charge in [0.25, 0.3) is 5.91 Å². The Labute approximate surface area is 213 Å². The van der Waals surface area contributed by atoms with Crippen LogP contribution in [0.15, 0.2) is 12.1 Å². The summed E-state index contributed by atoms with van der Waals surface area (Å²) in [7, 11) is 4.60. The summed E-state index contributed by atoms with van der Waals surface area (Å²) < 4.78 is 47.9. The van der Waals surface area contributed by atoms with Crippen LogP contribution in [0.2, 0.25) is 0 Å². The third kappa shape index (κ3) is 8.41. The van der Waals surface area contributed by atoms with Crippen molar-refractivity contribution in [2.24, 2.45) is 0 Å². The van der Waals surface area contributed by atoms with Crippen LogP contribution in [0.4, 0.5) is 13.2 Å². The molecule has 1 aliphatic heterocycles. The number of carboxylic acids is 1. The maximum atomic E-state index is 13.5. The molecular formula is C24H34F3N3O7. The molecule has 1 heterocycles. The van der Waals surface area contributed by atoms with Crippen molar-refractivity contribution in [3.8, 4) is 17.2 Å². The number of alkyl halides is 3. The quantitative estimate of drug-likeness (QED) is 0.524. The zero-order chi connectivity index (χ0) is 27.6. The van der Waals surface area contributed by atoms with Crippen molar-refractivity contribution in [3.05, 3.63) is 17.7 Å². The SMILES string of the molecule is COc1cc(C(=O)N(CCC(=O)N2CCNCC2)C2CCCC2)cc(OC)c1OC.O=C(O)C(F)(F)F. The molecule has 1 aromatic rings. The predicted octanol–water partition coefficient (Wildman–Crippen LogP) is 2.55. The number of amides is 2. The van der Waals surface area contributed by atoms with E-state index >= 15 is 0 Å². The van der Waals surface area contributed by atoms with Gasteiger partial charge in [-0.25, -0.2) is 4.79 Å². The Kier molecular flexibility index (Phi) is 11.3. The molecule has 208 valence electrons. The molecule has 0 atom stereocenters. The minimum atomic E-state index is -5.08. The number of hydrogen-bond donors (Lipinski definition) is 2. The van der Waals surface area contributed by atoms with Gasteiger partial charge < -0.3 is 34.4 Å². The number of nitrogens with one attached hydrogen (secondary N) is 1. The molecule has 0 radical (unpaired) electrons. The predicted molar refractivity (Wildman–Crippen MR) is 127 cm³/mol. The number of halogens is 3. The van der Waals surface area contributed by atoms with E-state index in [2.05, 4.69) is 5.32 Å². The van der Waals surface area contributed by atoms with E-state index in [1.54, 1.807) is 12.1 Å². The second kappa shape index (κ2) is 13.9. The zero-order valence-electron chi connectivity index (χ0n) is 21.2. The van der Waals surface area contributed by atoms with Crippen LogP contribution in [0.1, 0.15) is 42.5 Å². The average molecular weight is 534 g/mol. The Hall–Kier alpha value is -3.22. The smallest absolute Gasteiger partial charge is 0.490 e. The summed E-state index contributed by atoms with van der Waals surface area (Å²) in [5.41, 5.74) is 0.478. The van der Waals surface area contributed by atoms with Crippen molar-refractivity contribution >= 4 is 17.8 Å². The molecule has 1 aromatic carbocycles. The van der Waals surface area contributed by atoms with E-state index in [4.69, 9.17) is 24.1 Å². The summed E-state index contributed by atoms with van der Waals surface area (Å²) in [5.74, 6) is -1.40. The highest BCUT2D eigenvalue weighted by Crippen LogP contribution is 2.39. The largest absolute Gasteiger partial charge is 0.493 e. The van der Waals surface area contributed by atoms with Crippen molar-refractivity contribution in [1.29, 1.82) is 0 Å². The number of benzene rings is 1. The van der Waals surface area contributed by atoms with Crippen LogP contribution in [-0.2, 0) is 9.59 Å². The number of rotatable bonds is 8. The van der Waals surface area contributed by atoms with Crippen molar-refractivity contribution in [3.63, 3.8) is 0 Å². The normalized spacial score (nSPS) is 15.9. The topological polar surface area (TPSA) is 118 Å². The molecule has 37 heavy (non-hydrogen) atoms. The number of carboxylic acid groups (broad SMARTS) is 1. The fourth-order valence-electron chi connectivity index (χ4n) is 4.32. The van der Waals surface area contributed by atoms with E-state index < -0.39 is 12.1 Å². The highest BCUT2D eigenvalue weighted by Gasteiger charge is 2.38. The Morgan fingerprint density at radius 1 is 1.03 bits per heavy atom. The van der Waals surface area contributed by atoms with Gasteiger partial charge in [0.2, 0.25) is 11.7 Å². The molecule has 1 saturated heterocycles. The lowest BCUT2D eigenvalue weighted by Gasteiger charge is -2.32. The number of carbonyl (C=O) groups excluding carboxylic acids is 2. The maximum Gasteiger partial charge on any atom is 0.490 e. The van der Waals surface area contributed by atoms with Gasteiger partial charge in [0.15, 0.2) is 11.5 Å². The number of aliphatic carboxylic acids is 1. The second-order valence-corrected chi connectivity index (χ2v) is 8.53. The molecule has 2 fully saturated rings. The van der Waals surface area contributed by atoms with Crippen molar-refractivity contribution in [1.82, 2.24) is 15.1 Å². The highest BCUT2D eigenvalue weighted by atomic mass is 19.4. The number of ether oxygens (including phenoxy) is 3. The van der Waals surface area contributed by atoms with Crippen LogP contribution in [0.25, 0.3) is 0 Å². The van der Waals surface area contributed by atoms with Crippen molar-refractivity contribution in [2.45, 2.75) is 44.3 Å². The van der Waals surface area contributed by atoms with E-state index in [1.807, 2.05) is 9.80 Å². The first kappa shape index (κ1) is 30.0. The summed E-state index contributed by atoms with van der Waals surface area (Å²) >= 11 is 0. The van der Waals surface area contributed by atoms with Gasteiger partial charge in [0.05, 0.1) is 21.3 Å². The van der Waals surface area contributed by atoms with E-state index in [0.29, 0.717) is 35.8 Å². The van der Waals surface area contributed by atoms with Crippen LogP contribution in [0.3, 0.4) is 0 Å². The maximum absolute atomic E-state index is 13.5. The number of carbonyl (C=O) groups is 3. The Balaban J connectivity index is 0.000000604. The van der Waals surface area contributed by atoms with Gasteiger partial charge in [0.1, 0.15) is 0 Å². The first-order chi connectivity index (χ1) is 17.5. The molecule has 0 aromatic heterocycles. The van der Waals surface area contributed by atoms with Crippen LogP contribution < -0.4 is 19.5 Å². The molecule has 1 aliphatic carbocycles. The summed E-state index contributed by atoms with van der Waals surface area (Å²) in [6.07, 6.45) is -0.590. The summed E-state index contributed by atoms with van der Waals surface area (Å²) in [4.78, 5) is 38.8. The van der Waals surface area contributed by atoms with Gasteiger partial charge in [-0.3, -0.25) is 9.59 Å². The first-order valence-electron chi connectivity index (χ1n) is 11.9. The third-order valence-corrected chi connectivity index (χ3v) is 6.22. The van der Waals surface area contributed by atoms with Crippen molar-refractivity contribution in [2.75, 3.05) is 54.1 Å². The molecule has 10 nitrogen and oxygen atoms in total. The fourth-order valence-corrected chi connectivity index (χ4v) is 4.32. The number of methoxy groups -OCH3 is 3. The highest BCUT2D eigenvalue weighted by molar-refractivity contribution is 5.96. The van der Waals surface area contributed by atoms with Crippen LogP contribution in [0, 0.1) is 0 Å². The lowest BCUT2D eigenvalue weighted by Crippen LogP contribution is -2.48. The molecular weight excluding hydrogens is 499 g/mol. The van der Waals surface area contributed by atoms with Crippen molar-refractivity contribution < 1.29 is 46.9 Å².